The van der Waals surface area contributed by atoms with Crippen LogP contribution in [-0.2, 0) is 10.3 Å². The quantitative estimate of drug-likeness (QED) is 0.664. The SMILES string of the molecule is COc1cccc(C(=O)NCCNC(=O)C(C)(N)c2ccccc2)c1. The topological polar surface area (TPSA) is 93.5 Å². The highest BCUT2D eigenvalue weighted by atomic mass is 16.5. The highest BCUT2D eigenvalue weighted by Crippen LogP contribution is 2.17. The first-order valence-electron chi connectivity index (χ1n) is 8.00. The van der Waals surface area contributed by atoms with Gasteiger partial charge in [-0.3, -0.25) is 9.59 Å². The summed E-state index contributed by atoms with van der Waals surface area (Å²) in [5.74, 6) is 0.0868. The minimum Gasteiger partial charge on any atom is -0.497 e. The monoisotopic (exact) mass is 341 g/mol. The van der Waals surface area contributed by atoms with Crippen molar-refractivity contribution in [3.05, 3.63) is 65.7 Å². The number of methoxy groups -OCH3 is 1. The maximum atomic E-state index is 12.3. The molecule has 0 aliphatic rings. The highest BCUT2D eigenvalue weighted by Gasteiger charge is 2.29. The van der Waals surface area contributed by atoms with Crippen molar-refractivity contribution in [3.63, 3.8) is 0 Å². The average molecular weight is 341 g/mol. The lowest BCUT2D eigenvalue weighted by Crippen LogP contribution is -2.50. The van der Waals surface area contributed by atoms with Crippen LogP contribution in [0.2, 0.25) is 0 Å². The fourth-order valence-electron chi connectivity index (χ4n) is 2.32. The summed E-state index contributed by atoms with van der Waals surface area (Å²) in [7, 11) is 1.54. The molecule has 6 nitrogen and oxygen atoms in total. The number of rotatable bonds is 7. The zero-order chi connectivity index (χ0) is 18.3. The summed E-state index contributed by atoms with van der Waals surface area (Å²) < 4.78 is 5.09. The van der Waals surface area contributed by atoms with E-state index in [1.54, 1.807) is 38.3 Å². The number of hydrogen-bond donors (Lipinski definition) is 3. The minimum atomic E-state index is -1.13. The van der Waals surface area contributed by atoms with Crippen LogP contribution in [0.15, 0.2) is 54.6 Å². The Morgan fingerprint density at radius 2 is 1.72 bits per heavy atom. The van der Waals surface area contributed by atoms with Crippen molar-refractivity contribution in [1.29, 1.82) is 0 Å². The van der Waals surface area contributed by atoms with Crippen molar-refractivity contribution < 1.29 is 14.3 Å². The number of carbonyl (C=O) groups excluding carboxylic acids is 2. The van der Waals surface area contributed by atoms with Crippen molar-refractivity contribution in [2.24, 2.45) is 5.73 Å². The van der Waals surface area contributed by atoms with Crippen LogP contribution in [-0.4, -0.2) is 32.0 Å². The van der Waals surface area contributed by atoms with E-state index >= 15 is 0 Å². The van der Waals surface area contributed by atoms with Gasteiger partial charge >= 0.3 is 0 Å². The van der Waals surface area contributed by atoms with Gasteiger partial charge in [0.2, 0.25) is 5.91 Å². The van der Waals surface area contributed by atoms with Gasteiger partial charge in [-0.1, -0.05) is 36.4 Å². The van der Waals surface area contributed by atoms with Gasteiger partial charge in [0.15, 0.2) is 0 Å². The van der Waals surface area contributed by atoms with E-state index in [0.29, 0.717) is 17.9 Å². The number of ether oxygens (including phenoxy) is 1. The van der Waals surface area contributed by atoms with E-state index in [-0.39, 0.29) is 18.4 Å². The third kappa shape index (κ3) is 4.81. The Balaban J connectivity index is 1.82. The predicted octanol–water partition coefficient (Wildman–Crippen LogP) is 1.42. The van der Waals surface area contributed by atoms with Gasteiger partial charge < -0.3 is 21.1 Å². The largest absolute Gasteiger partial charge is 0.497 e. The Hall–Kier alpha value is -2.86. The second-order valence-electron chi connectivity index (χ2n) is 5.81. The Morgan fingerprint density at radius 1 is 1.04 bits per heavy atom. The normalized spacial score (nSPS) is 12.8. The van der Waals surface area contributed by atoms with Crippen LogP contribution in [0.5, 0.6) is 5.75 Å². The molecule has 0 saturated carbocycles. The molecule has 6 heteroatoms. The van der Waals surface area contributed by atoms with Gasteiger partial charge in [-0.05, 0) is 30.7 Å². The molecule has 0 aromatic heterocycles. The molecule has 1 atom stereocenters. The molecule has 0 heterocycles. The molecule has 4 N–H and O–H groups in total. The van der Waals surface area contributed by atoms with Crippen LogP contribution in [0.1, 0.15) is 22.8 Å². The van der Waals surface area contributed by atoms with Crippen molar-refractivity contribution >= 4 is 11.8 Å². The van der Waals surface area contributed by atoms with Crippen LogP contribution < -0.4 is 21.1 Å². The molecule has 0 bridgehead atoms. The van der Waals surface area contributed by atoms with E-state index in [1.807, 2.05) is 30.3 Å². The van der Waals surface area contributed by atoms with Crippen molar-refractivity contribution in [2.75, 3.05) is 20.2 Å². The maximum absolute atomic E-state index is 12.3. The molecule has 0 spiro atoms. The number of benzene rings is 2. The fraction of sp³-hybridized carbons (Fsp3) is 0.263. The predicted molar refractivity (Wildman–Crippen MR) is 96.3 cm³/mol. The highest BCUT2D eigenvalue weighted by molar-refractivity contribution is 5.94. The van der Waals surface area contributed by atoms with E-state index in [4.69, 9.17) is 10.5 Å². The summed E-state index contributed by atoms with van der Waals surface area (Å²) in [6, 6.07) is 16.0. The van der Waals surface area contributed by atoms with Gasteiger partial charge in [0, 0.05) is 18.7 Å². The van der Waals surface area contributed by atoms with Crippen molar-refractivity contribution in [3.8, 4) is 5.75 Å². The summed E-state index contributed by atoms with van der Waals surface area (Å²) in [4.78, 5) is 24.4. The molecule has 0 radical (unpaired) electrons. The molecule has 2 aromatic carbocycles. The van der Waals surface area contributed by atoms with Crippen LogP contribution in [0.25, 0.3) is 0 Å². The van der Waals surface area contributed by atoms with Crippen molar-refractivity contribution in [2.45, 2.75) is 12.5 Å². The summed E-state index contributed by atoms with van der Waals surface area (Å²) >= 11 is 0. The van der Waals surface area contributed by atoms with E-state index in [2.05, 4.69) is 10.6 Å². The summed E-state index contributed by atoms with van der Waals surface area (Å²) in [6.45, 7) is 2.24. The Kier molecular flexibility index (Phi) is 6.14. The van der Waals surface area contributed by atoms with Crippen LogP contribution in [0, 0.1) is 0 Å². The van der Waals surface area contributed by atoms with E-state index < -0.39 is 5.54 Å². The second kappa shape index (κ2) is 8.30. The molecule has 0 aliphatic heterocycles. The van der Waals surface area contributed by atoms with Gasteiger partial charge in [-0.25, -0.2) is 0 Å². The number of nitrogens with one attached hydrogen (secondary N) is 2. The second-order valence-corrected chi connectivity index (χ2v) is 5.81. The van der Waals surface area contributed by atoms with Crippen LogP contribution in [0.4, 0.5) is 0 Å². The molecule has 2 amide bonds. The molecule has 2 rings (SSSR count). The smallest absolute Gasteiger partial charge is 0.251 e. The number of amides is 2. The average Bonchev–Trinajstić information content (AvgIpc) is 2.65. The van der Waals surface area contributed by atoms with Crippen LogP contribution >= 0.6 is 0 Å². The fourth-order valence-corrected chi connectivity index (χ4v) is 2.32. The lowest BCUT2D eigenvalue weighted by Gasteiger charge is -2.24. The molecule has 132 valence electrons. The van der Waals surface area contributed by atoms with E-state index in [1.165, 1.54) is 0 Å². The summed E-state index contributed by atoms with van der Waals surface area (Å²) in [5.41, 5.74) is 6.23. The number of hydrogen-bond acceptors (Lipinski definition) is 4. The Bertz CT molecular complexity index is 730. The summed E-state index contributed by atoms with van der Waals surface area (Å²) in [6.07, 6.45) is 0. The zero-order valence-electron chi connectivity index (χ0n) is 14.4. The van der Waals surface area contributed by atoms with Crippen LogP contribution in [0.3, 0.4) is 0 Å². The molecule has 0 saturated heterocycles. The minimum absolute atomic E-state index is 0.230. The van der Waals surface area contributed by atoms with Gasteiger partial charge in [0.1, 0.15) is 11.3 Å². The number of nitrogens with two attached hydrogens (primary N) is 1. The molecule has 0 fully saturated rings. The lowest BCUT2D eigenvalue weighted by atomic mass is 9.92. The standard InChI is InChI=1S/C19H23N3O3/c1-19(20,15-8-4-3-5-9-15)18(24)22-12-11-21-17(23)14-7-6-10-16(13-14)25-2/h3-10,13H,11-12,20H2,1-2H3,(H,21,23)(H,22,24). The third-order valence-corrected chi connectivity index (χ3v) is 3.87. The third-order valence-electron chi connectivity index (χ3n) is 3.87. The molecule has 25 heavy (non-hydrogen) atoms. The first-order chi connectivity index (χ1) is 11.9. The Morgan fingerprint density at radius 3 is 2.40 bits per heavy atom. The zero-order valence-corrected chi connectivity index (χ0v) is 14.4. The number of carbonyl (C=O) groups is 2. The summed E-state index contributed by atoms with van der Waals surface area (Å²) in [5, 5.41) is 5.49. The maximum Gasteiger partial charge on any atom is 0.251 e. The molecular weight excluding hydrogens is 318 g/mol. The van der Waals surface area contributed by atoms with E-state index in [9.17, 15) is 9.59 Å². The van der Waals surface area contributed by atoms with Gasteiger partial charge in [-0.2, -0.15) is 0 Å². The molecule has 2 aromatic rings. The van der Waals surface area contributed by atoms with Gasteiger partial charge in [0.25, 0.3) is 5.91 Å². The Labute approximate surface area is 147 Å². The first-order valence-corrected chi connectivity index (χ1v) is 8.00. The van der Waals surface area contributed by atoms with Crippen molar-refractivity contribution in [1.82, 2.24) is 10.6 Å². The van der Waals surface area contributed by atoms with E-state index in [0.717, 1.165) is 5.56 Å². The molecular formula is C19H23N3O3. The molecule has 1 unspecified atom stereocenters. The first kappa shape index (κ1) is 18.5. The lowest BCUT2D eigenvalue weighted by molar-refractivity contribution is -0.126. The molecule has 0 aliphatic carbocycles. The van der Waals surface area contributed by atoms with Gasteiger partial charge in [-0.15, -0.1) is 0 Å². The van der Waals surface area contributed by atoms with Gasteiger partial charge in [0.05, 0.1) is 7.11 Å².